The largest absolute Gasteiger partial charge is 0.493 e. The van der Waals surface area contributed by atoms with Crippen LogP contribution in [0.5, 0.6) is 11.5 Å². The van der Waals surface area contributed by atoms with Crippen LogP contribution in [0.15, 0.2) is 18.2 Å². The number of methoxy groups -OCH3 is 1. The Balaban J connectivity index is 2.09. The predicted molar refractivity (Wildman–Crippen MR) is 93.9 cm³/mol. The number of carboxylic acid groups (broad SMARTS) is 1. The number of ether oxygens (including phenoxy) is 2. The first-order valence-corrected chi connectivity index (χ1v) is 8.93. The van der Waals surface area contributed by atoms with Crippen LogP contribution >= 0.6 is 0 Å². The van der Waals surface area contributed by atoms with Crippen LogP contribution in [-0.2, 0) is 11.3 Å². The number of aliphatic carboxylic acids is 1. The molecule has 1 heterocycles. The summed E-state index contributed by atoms with van der Waals surface area (Å²) in [6.07, 6.45) is -3.66. The zero-order valence-corrected chi connectivity index (χ0v) is 15.8. The molecule has 0 bridgehead atoms. The minimum atomic E-state index is -4.52. The first kappa shape index (κ1) is 21.3. The molecule has 0 spiro atoms. The van der Waals surface area contributed by atoms with Gasteiger partial charge in [-0.3, -0.25) is 9.69 Å². The molecule has 2 rings (SSSR count). The van der Waals surface area contributed by atoms with E-state index in [0.29, 0.717) is 24.0 Å². The van der Waals surface area contributed by atoms with Gasteiger partial charge < -0.3 is 14.6 Å². The van der Waals surface area contributed by atoms with E-state index in [1.165, 1.54) is 12.0 Å². The van der Waals surface area contributed by atoms with Gasteiger partial charge in [0.2, 0.25) is 0 Å². The Bertz CT molecular complexity index is 648. The van der Waals surface area contributed by atoms with Crippen LogP contribution in [0.2, 0.25) is 0 Å². The van der Waals surface area contributed by atoms with E-state index in [4.69, 9.17) is 14.6 Å². The Kier molecular flexibility index (Phi) is 6.97. The van der Waals surface area contributed by atoms with E-state index < -0.39 is 24.0 Å². The highest BCUT2D eigenvalue weighted by Gasteiger charge is 2.52. The van der Waals surface area contributed by atoms with Gasteiger partial charge in [-0.1, -0.05) is 19.9 Å². The Hall–Kier alpha value is -1.96. The highest BCUT2D eigenvalue weighted by atomic mass is 19.4. The molecule has 5 nitrogen and oxygen atoms in total. The number of hydrogen-bond donors (Lipinski definition) is 1. The number of carbonyl (C=O) groups is 1. The fourth-order valence-corrected chi connectivity index (χ4v) is 3.19. The van der Waals surface area contributed by atoms with Crippen LogP contribution in [0.4, 0.5) is 13.2 Å². The van der Waals surface area contributed by atoms with E-state index >= 15 is 0 Å². The standard InChI is InChI=1S/C19H26F3NO4/c1-12(2)6-7-27-17-8-13(4-5-16(17)26-3)9-23-10-14(18(24)25)15(11-23)19(20,21)22/h4-5,8,12,14-15H,6-7,9-11H2,1-3H3,(H,24,25)/t14-,15-/m1/s1. The average molecular weight is 389 g/mol. The molecular formula is C19H26F3NO4. The molecule has 0 aromatic heterocycles. The summed E-state index contributed by atoms with van der Waals surface area (Å²) < 4.78 is 50.4. The van der Waals surface area contributed by atoms with E-state index in [-0.39, 0.29) is 19.6 Å². The van der Waals surface area contributed by atoms with Crippen molar-refractivity contribution in [1.82, 2.24) is 4.90 Å². The van der Waals surface area contributed by atoms with Crippen LogP contribution in [0, 0.1) is 17.8 Å². The fraction of sp³-hybridized carbons (Fsp3) is 0.632. The molecule has 0 unspecified atom stereocenters. The fourth-order valence-electron chi connectivity index (χ4n) is 3.19. The molecule has 152 valence electrons. The van der Waals surface area contributed by atoms with Crippen LogP contribution in [-0.4, -0.2) is 49.0 Å². The summed E-state index contributed by atoms with van der Waals surface area (Å²) in [5, 5.41) is 9.12. The van der Waals surface area contributed by atoms with Crippen LogP contribution in [0.25, 0.3) is 0 Å². The van der Waals surface area contributed by atoms with Crippen molar-refractivity contribution >= 4 is 5.97 Å². The normalized spacial score (nSPS) is 20.9. The molecule has 0 amide bonds. The van der Waals surface area contributed by atoms with Crippen LogP contribution < -0.4 is 9.47 Å². The summed E-state index contributed by atoms with van der Waals surface area (Å²) in [6.45, 7) is 4.45. The summed E-state index contributed by atoms with van der Waals surface area (Å²) >= 11 is 0. The van der Waals surface area contributed by atoms with Crippen molar-refractivity contribution in [1.29, 1.82) is 0 Å². The van der Waals surface area contributed by atoms with Crippen molar-refractivity contribution in [3.63, 3.8) is 0 Å². The summed E-state index contributed by atoms with van der Waals surface area (Å²) in [4.78, 5) is 12.7. The third kappa shape index (κ3) is 5.76. The highest BCUT2D eigenvalue weighted by molar-refractivity contribution is 5.71. The maximum atomic E-state index is 13.1. The Morgan fingerprint density at radius 2 is 2.00 bits per heavy atom. The third-order valence-electron chi connectivity index (χ3n) is 4.72. The lowest BCUT2D eigenvalue weighted by Crippen LogP contribution is -2.33. The molecule has 1 aromatic rings. The van der Waals surface area contributed by atoms with Gasteiger partial charge in [0.15, 0.2) is 11.5 Å². The number of rotatable bonds is 8. The number of hydrogen-bond acceptors (Lipinski definition) is 4. The molecular weight excluding hydrogens is 363 g/mol. The van der Waals surface area contributed by atoms with Crippen molar-refractivity contribution in [3.05, 3.63) is 23.8 Å². The second kappa shape index (κ2) is 8.82. The summed E-state index contributed by atoms with van der Waals surface area (Å²) in [5.41, 5.74) is 0.752. The quantitative estimate of drug-likeness (QED) is 0.733. The van der Waals surface area contributed by atoms with E-state index in [9.17, 15) is 18.0 Å². The molecule has 0 saturated carbocycles. The zero-order valence-electron chi connectivity index (χ0n) is 15.8. The second-order valence-electron chi connectivity index (χ2n) is 7.30. The Morgan fingerprint density at radius 1 is 1.30 bits per heavy atom. The lowest BCUT2D eigenvalue weighted by atomic mass is 9.96. The zero-order chi connectivity index (χ0) is 20.2. The van der Waals surface area contributed by atoms with Crippen molar-refractivity contribution in [3.8, 4) is 11.5 Å². The molecule has 1 fully saturated rings. The van der Waals surface area contributed by atoms with Gasteiger partial charge in [-0.25, -0.2) is 0 Å². The number of benzene rings is 1. The summed E-state index contributed by atoms with van der Waals surface area (Å²) in [5.74, 6) is -3.12. The van der Waals surface area contributed by atoms with E-state index in [0.717, 1.165) is 12.0 Å². The number of nitrogens with zero attached hydrogens (tertiary/aromatic N) is 1. The van der Waals surface area contributed by atoms with Crippen molar-refractivity contribution in [2.75, 3.05) is 26.8 Å². The van der Waals surface area contributed by atoms with Crippen molar-refractivity contribution in [2.45, 2.75) is 33.0 Å². The SMILES string of the molecule is COc1ccc(CN2C[C@@H](C(F)(F)F)[C@H](C(=O)O)C2)cc1OCCC(C)C. The van der Waals surface area contributed by atoms with Gasteiger partial charge in [0, 0.05) is 19.6 Å². The van der Waals surface area contributed by atoms with Crippen molar-refractivity contribution < 1.29 is 32.5 Å². The molecule has 1 aliphatic heterocycles. The van der Waals surface area contributed by atoms with E-state index in [1.807, 2.05) is 0 Å². The lowest BCUT2D eigenvalue weighted by Gasteiger charge is -2.19. The van der Waals surface area contributed by atoms with Gasteiger partial charge in [-0.15, -0.1) is 0 Å². The van der Waals surface area contributed by atoms with Gasteiger partial charge in [0.05, 0.1) is 25.6 Å². The molecule has 2 atom stereocenters. The second-order valence-corrected chi connectivity index (χ2v) is 7.30. The average Bonchev–Trinajstić information content (AvgIpc) is 2.99. The first-order chi connectivity index (χ1) is 12.6. The molecule has 1 saturated heterocycles. The topological polar surface area (TPSA) is 59.0 Å². The van der Waals surface area contributed by atoms with E-state index in [2.05, 4.69) is 13.8 Å². The first-order valence-electron chi connectivity index (χ1n) is 8.93. The highest BCUT2D eigenvalue weighted by Crippen LogP contribution is 2.38. The van der Waals surface area contributed by atoms with E-state index in [1.54, 1.807) is 18.2 Å². The number of alkyl halides is 3. The molecule has 0 aliphatic carbocycles. The predicted octanol–water partition coefficient (Wildman–Crippen LogP) is 3.82. The molecule has 1 aromatic carbocycles. The number of halogens is 3. The molecule has 1 aliphatic rings. The maximum Gasteiger partial charge on any atom is 0.393 e. The molecule has 27 heavy (non-hydrogen) atoms. The Morgan fingerprint density at radius 3 is 2.52 bits per heavy atom. The van der Waals surface area contributed by atoms with Crippen LogP contribution in [0.3, 0.4) is 0 Å². The number of likely N-dealkylation sites (tertiary alicyclic amines) is 1. The smallest absolute Gasteiger partial charge is 0.393 e. The molecule has 8 heteroatoms. The monoisotopic (exact) mass is 389 g/mol. The van der Waals surface area contributed by atoms with Gasteiger partial charge in [0.25, 0.3) is 0 Å². The van der Waals surface area contributed by atoms with Gasteiger partial charge in [-0.05, 0) is 30.0 Å². The van der Waals surface area contributed by atoms with Gasteiger partial charge in [-0.2, -0.15) is 13.2 Å². The minimum Gasteiger partial charge on any atom is -0.493 e. The van der Waals surface area contributed by atoms with Crippen LogP contribution in [0.1, 0.15) is 25.8 Å². The maximum absolute atomic E-state index is 13.1. The lowest BCUT2D eigenvalue weighted by molar-refractivity contribution is -0.188. The third-order valence-corrected chi connectivity index (χ3v) is 4.72. The summed E-state index contributed by atoms with van der Waals surface area (Å²) in [6, 6.07) is 5.21. The molecule has 0 radical (unpaired) electrons. The minimum absolute atomic E-state index is 0.130. The van der Waals surface area contributed by atoms with Gasteiger partial charge >= 0.3 is 12.1 Å². The molecule has 1 N–H and O–H groups in total. The van der Waals surface area contributed by atoms with Gasteiger partial charge in [0.1, 0.15) is 0 Å². The van der Waals surface area contributed by atoms with Crippen molar-refractivity contribution in [2.24, 2.45) is 17.8 Å². The number of carboxylic acids is 1. The summed E-state index contributed by atoms with van der Waals surface area (Å²) in [7, 11) is 1.52. The Labute approximate surface area is 157 Å².